The molecule has 1 N–H and O–H groups in total. The quantitative estimate of drug-likeness (QED) is 0.0211. The maximum atomic E-state index is 12.9. The summed E-state index contributed by atoms with van der Waals surface area (Å²) in [6.07, 6.45) is 106. The minimum atomic E-state index is -4.40. The largest absolute Gasteiger partial charge is 0.472 e. The van der Waals surface area contributed by atoms with Crippen LogP contribution in [0.4, 0.5) is 0 Å². The van der Waals surface area contributed by atoms with Crippen molar-refractivity contribution in [2.24, 2.45) is 0 Å². The monoisotopic (exact) mass is 1320 g/mol. The Hall–Kier alpha value is -3.85. The molecule has 0 aromatic rings. The Kier molecular flexibility index (Phi) is 69.4. The van der Waals surface area contributed by atoms with Gasteiger partial charge in [0.2, 0.25) is 0 Å². The zero-order valence-corrected chi connectivity index (χ0v) is 61.8. The maximum absolute atomic E-state index is 12.9. The van der Waals surface area contributed by atoms with Gasteiger partial charge in [-0.15, -0.1) is 0 Å². The number of hydrogen-bond donors (Lipinski definition) is 1. The van der Waals surface area contributed by atoms with Crippen LogP contribution in [0.1, 0.15) is 328 Å². The summed E-state index contributed by atoms with van der Waals surface area (Å²) < 4.78 is 34.8. The Morgan fingerprint density at radius 1 is 0.344 bits per heavy atom. The summed E-state index contributed by atoms with van der Waals surface area (Å²) in [4.78, 5) is 35.9. The number of hydrogen-bond acceptors (Lipinski definition) is 7. The molecule has 0 aliphatic rings. The fourth-order valence-electron chi connectivity index (χ4n) is 10.6. The smallest absolute Gasteiger partial charge is 0.462 e. The number of nitrogens with zero attached hydrogens (tertiary/aromatic N) is 1. The van der Waals surface area contributed by atoms with Crippen molar-refractivity contribution in [3.05, 3.63) is 134 Å². The molecule has 0 saturated heterocycles. The molecule has 0 bridgehead atoms. The van der Waals surface area contributed by atoms with Crippen LogP contribution in [0.5, 0.6) is 0 Å². The predicted octanol–water partition coefficient (Wildman–Crippen LogP) is 25.6. The molecule has 0 radical (unpaired) electrons. The Balaban J connectivity index is 4.08. The fraction of sp³-hybridized carbons (Fsp3) is 0.711. The molecule has 0 amide bonds. The van der Waals surface area contributed by atoms with Crippen LogP contribution < -0.4 is 0 Å². The molecule has 534 valence electrons. The van der Waals surface area contributed by atoms with E-state index in [1.807, 2.05) is 21.1 Å². The number of carbonyl (C=O) groups excluding carboxylic acids is 2. The number of unbranched alkanes of at least 4 members (excludes halogenated alkanes) is 34. The summed E-state index contributed by atoms with van der Waals surface area (Å²) in [5.41, 5.74) is 0. The van der Waals surface area contributed by atoms with Gasteiger partial charge in [0.25, 0.3) is 0 Å². The van der Waals surface area contributed by atoms with E-state index in [2.05, 4.69) is 148 Å². The second-order valence-corrected chi connectivity index (χ2v) is 28.1. The average molecular weight is 1320 g/mol. The van der Waals surface area contributed by atoms with Gasteiger partial charge >= 0.3 is 19.8 Å². The van der Waals surface area contributed by atoms with Gasteiger partial charge in [-0.2, -0.15) is 0 Å². The second-order valence-electron chi connectivity index (χ2n) is 26.7. The van der Waals surface area contributed by atoms with Crippen LogP contribution in [0.3, 0.4) is 0 Å². The number of rotatable bonds is 70. The van der Waals surface area contributed by atoms with Gasteiger partial charge in [-0.25, -0.2) is 4.57 Å². The van der Waals surface area contributed by atoms with Crippen LogP contribution in [0, 0.1) is 0 Å². The zero-order chi connectivity index (χ0) is 67.6. The summed E-state index contributed by atoms with van der Waals surface area (Å²) >= 11 is 0. The number of likely N-dealkylation sites (N-methyl/N-ethyl adjacent to an activating group) is 1. The standard InChI is InChI=1S/C83H144NO8P/c1-6-8-10-12-14-16-18-20-22-24-26-28-30-32-34-36-37-38-39-40-41-42-43-44-45-46-47-48-50-52-54-56-58-60-62-64-66-68-70-72-74-76-83(86)92-81(80-91-93(87,88)90-78-77-84(3,4)5)79-89-82(85)75-73-71-69-67-65-63-61-59-57-55-53-51-49-35-33-31-29-27-25-23-21-19-17-15-13-11-9-7-2/h8,10,14,16,20,22,26,28,32,34,37-38,40-41,43-44,46-47,50,52,56,58,81H,6-7,9,11-13,15,17-19,21,23-25,27,29-31,33,35-36,39,42,45,48-49,51,53-55,57,59-80H2,1-5H3/p+1/b10-8-,16-14-,22-20-,28-26-,34-32-,38-37-,41-40-,44-43-,47-46-,52-50-,58-56-. The van der Waals surface area contributed by atoms with Gasteiger partial charge in [-0.3, -0.25) is 18.6 Å². The number of ether oxygens (including phenoxy) is 2. The van der Waals surface area contributed by atoms with E-state index in [4.69, 9.17) is 18.5 Å². The van der Waals surface area contributed by atoms with Crippen molar-refractivity contribution < 1.29 is 42.1 Å². The highest BCUT2D eigenvalue weighted by Crippen LogP contribution is 2.43. The number of quaternary nitrogens is 1. The molecule has 2 atom stereocenters. The van der Waals surface area contributed by atoms with E-state index in [9.17, 15) is 19.0 Å². The summed E-state index contributed by atoms with van der Waals surface area (Å²) in [6, 6.07) is 0. The van der Waals surface area contributed by atoms with Gasteiger partial charge in [0, 0.05) is 12.8 Å². The van der Waals surface area contributed by atoms with Crippen molar-refractivity contribution in [1.29, 1.82) is 0 Å². The lowest BCUT2D eigenvalue weighted by Crippen LogP contribution is -2.37. The van der Waals surface area contributed by atoms with E-state index in [0.29, 0.717) is 17.4 Å². The zero-order valence-electron chi connectivity index (χ0n) is 61.0. The van der Waals surface area contributed by atoms with E-state index in [1.54, 1.807) is 0 Å². The van der Waals surface area contributed by atoms with Crippen LogP contribution in [0.2, 0.25) is 0 Å². The van der Waals surface area contributed by atoms with Crippen LogP contribution in [0.15, 0.2) is 134 Å². The van der Waals surface area contributed by atoms with Gasteiger partial charge in [-0.05, 0) is 96.3 Å². The maximum Gasteiger partial charge on any atom is 0.472 e. The summed E-state index contributed by atoms with van der Waals surface area (Å²) in [6.45, 7) is 4.34. The molecule has 10 heteroatoms. The molecule has 0 rings (SSSR count). The van der Waals surface area contributed by atoms with Crippen molar-refractivity contribution in [2.45, 2.75) is 335 Å². The summed E-state index contributed by atoms with van der Waals surface area (Å²) in [5.74, 6) is -0.804. The normalized spacial score (nSPS) is 13.8. The molecule has 0 aliphatic carbocycles. The lowest BCUT2D eigenvalue weighted by atomic mass is 10.0. The van der Waals surface area contributed by atoms with E-state index in [-0.39, 0.29) is 32.0 Å². The molecular formula is C83H145NO8P+. The van der Waals surface area contributed by atoms with E-state index < -0.39 is 26.5 Å². The first-order valence-electron chi connectivity index (χ1n) is 38.4. The molecule has 2 unspecified atom stereocenters. The number of allylic oxidation sites excluding steroid dienone is 22. The lowest BCUT2D eigenvalue weighted by molar-refractivity contribution is -0.870. The SMILES string of the molecule is CC/C=C\C/C=C\C/C=C\C/C=C\C/C=C\C/C=C\C/C=C\C/C=C\C/C=C\C/C=C\C/C=C\CCCCCCCCCC(=O)OC(COC(=O)CCCCCCCCCCCCCCCCCCCCCCCCCCCCCC)COP(=O)(O)OCC[N+](C)(C)C. The van der Waals surface area contributed by atoms with Crippen LogP contribution in [0.25, 0.3) is 0 Å². The van der Waals surface area contributed by atoms with Crippen molar-refractivity contribution in [3.63, 3.8) is 0 Å². The average Bonchev–Trinajstić information content (AvgIpc) is 2.30. The molecule has 0 fully saturated rings. The van der Waals surface area contributed by atoms with Crippen LogP contribution >= 0.6 is 7.82 Å². The molecule has 0 spiro atoms. The number of phosphoric ester groups is 1. The lowest BCUT2D eigenvalue weighted by Gasteiger charge is -2.24. The first kappa shape index (κ1) is 89.2. The molecule has 0 aromatic carbocycles. The second kappa shape index (κ2) is 72.4. The number of esters is 2. The molecule has 9 nitrogen and oxygen atoms in total. The first-order valence-corrected chi connectivity index (χ1v) is 39.9. The first-order chi connectivity index (χ1) is 45.5. The Labute approximate surface area is 574 Å². The van der Waals surface area contributed by atoms with Crippen LogP contribution in [-0.4, -0.2) is 74.9 Å². The van der Waals surface area contributed by atoms with Gasteiger partial charge < -0.3 is 18.9 Å². The summed E-state index contributed by atoms with van der Waals surface area (Å²) in [7, 11) is 1.47. The van der Waals surface area contributed by atoms with Gasteiger partial charge in [0.05, 0.1) is 27.7 Å². The highest BCUT2D eigenvalue weighted by molar-refractivity contribution is 7.47. The van der Waals surface area contributed by atoms with E-state index in [1.165, 1.54) is 180 Å². The van der Waals surface area contributed by atoms with Crippen molar-refractivity contribution in [2.75, 3.05) is 47.5 Å². The minimum Gasteiger partial charge on any atom is -0.462 e. The Morgan fingerprint density at radius 2 is 0.613 bits per heavy atom. The molecular weight excluding hydrogens is 1170 g/mol. The highest BCUT2D eigenvalue weighted by atomic mass is 31.2. The Morgan fingerprint density at radius 3 is 0.914 bits per heavy atom. The van der Waals surface area contributed by atoms with Crippen molar-refractivity contribution in [1.82, 2.24) is 0 Å². The third kappa shape index (κ3) is 77.0. The predicted molar refractivity (Wildman–Crippen MR) is 404 cm³/mol. The number of carbonyl (C=O) groups is 2. The molecule has 0 saturated carbocycles. The molecule has 0 heterocycles. The molecule has 0 aliphatic heterocycles. The van der Waals surface area contributed by atoms with Crippen molar-refractivity contribution >= 4 is 19.8 Å². The van der Waals surface area contributed by atoms with Gasteiger partial charge in [0.15, 0.2) is 6.10 Å². The van der Waals surface area contributed by atoms with E-state index in [0.717, 1.165) is 116 Å². The van der Waals surface area contributed by atoms with Crippen LogP contribution in [-0.2, 0) is 32.7 Å². The fourth-order valence-corrected chi connectivity index (χ4v) is 11.4. The number of phosphoric acid groups is 1. The Bertz CT molecular complexity index is 2040. The van der Waals surface area contributed by atoms with Gasteiger partial charge in [-0.1, -0.05) is 353 Å². The molecule has 93 heavy (non-hydrogen) atoms. The van der Waals surface area contributed by atoms with Gasteiger partial charge in [0.1, 0.15) is 19.8 Å². The third-order valence-electron chi connectivity index (χ3n) is 16.4. The third-order valence-corrected chi connectivity index (χ3v) is 17.4. The highest BCUT2D eigenvalue weighted by Gasteiger charge is 2.27. The summed E-state index contributed by atoms with van der Waals surface area (Å²) in [5, 5.41) is 0. The van der Waals surface area contributed by atoms with E-state index >= 15 is 0 Å². The molecule has 0 aromatic heterocycles. The topological polar surface area (TPSA) is 108 Å². The van der Waals surface area contributed by atoms with Crippen molar-refractivity contribution in [3.8, 4) is 0 Å². The minimum absolute atomic E-state index is 0.0250.